The van der Waals surface area contributed by atoms with E-state index < -0.39 is 0 Å². The quantitative estimate of drug-likeness (QED) is 0.755. The highest BCUT2D eigenvalue weighted by atomic mass is 127. The zero-order valence-corrected chi connectivity index (χ0v) is 14.0. The third kappa shape index (κ3) is 3.95. The van der Waals surface area contributed by atoms with E-state index in [4.69, 9.17) is 11.6 Å². The first-order valence-corrected chi connectivity index (χ1v) is 7.55. The monoisotopic (exact) mass is 414 g/mol. The van der Waals surface area contributed by atoms with Crippen molar-refractivity contribution in [2.45, 2.75) is 0 Å². The Bertz CT molecular complexity index is 704. The van der Waals surface area contributed by atoms with Crippen molar-refractivity contribution < 1.29 is 9.59 Å². The Kier molecular flexibility index (Phi) is 5.19. The van der Waals surface area contributed by atoms with Gasteiger partial charge in [-0.3, -0.25) is 9.59 Å². The molecule has 0 spiro atoms. The lowest BCUT2D eigenvalue weighted by atomic mass is 10.1. The first-order valence-electron chi connectivity index (χ1n) is 6.10. The second-order valence-electron chi connectivity index (χ2n) is 4.24. The number of hydrogen-bond donors (Lipinski definition) is 2. The summed E-state index contributed by atoms with van der Waals surface area (Å²) >= 11 is 8.10. The molecule has 0 radical (unpaired) electrons. The molecule has 6 heteroatoms. The van der Waals surface area contributed by atoms with Gasteiger partial charge < -0.3 is 10.6 Å². The number of halogens is 2. The van der Waals surface area contributed by atoms with Gasteiger partial charge in [-0.05, 0) is 59.0 Å². The van der Waals surface area contributed by atoms with E-state index in [2.05, 4.69) is 33.2 Å². The smallest absolute Gasteiger partial charge is 0.255 e. The van der Waals surface area contributed by atoms with Gasteiger partial charge in [-0.15, -0.1) is 0 Å². The van der Waals surface area contributed by atoms with Crippen molar-refractivity contribution in [1.29, 1.82) is 0 Å². The molecule has 0 aliphatic heterocycles. The van der Waals surface area contributed by atoms with Crippen LogP contribution in [0.5, 0.6) is 0 Å². The summed E-state index contributed by atoms with van der Waals surface area (Å²) in [6, 6.07) is 11.8. The lowest BCUT2D eigenvalue weighted by Gasteiger charge is -2.08. The number of benzene rings is 2. The lowest BCUT2D eigenvalue weighted by Crippen LogP contribution is -2.18. The Balaban J connectivity index is 2.19. The van der Waals surface area contributed by atoms with Gasteiger partial charge in [0.1, 0.15) is 0 Å². The van der Waals surface area contributed by atoms with Crippen LogP contribution in [0.2, 0.25) is 5.02 Å². The van der Waals surface area contributed by atoms with E-state index in [1.165, 1.54) is 0 Å². The third-order valence-electron chi connectivity index (χ3n) is 2.79. The van der Waals surface area contributed by atoms with Gasteiger partial charge in [0.25, 0.3) is 11.8 Å². The molecule has 0 aromatic heterocycles. The molecule has 0 unspecified atom stereocenters. The Labute approximate surface area is 141 Å². The second kappa shape index (κ2) is 6.91. The van der Waals surface area contributed by atoms with E-state index in [9.17, 15) is 9.59 Å². The highest BCUT2D eigenvalue weighted by molar-refractivity contribution is 14.1. The summed E-state index contributed by atoms with van der Waals surface area (Å²) in [6.07, 6.45) is 0. The molecule has 0 atom stereocenters. The topological polar surface area (TPSA) is 58.2 Å². The van der Waals surface area contributed by atoms with Crippen LogP contribution in [0.4, 0.5) is 5.69 Å². The maximum Gasteiger partial charge on any atom is 0.255 e. The molecule has 21 heavy (non-hydrogen) atoms. The van der Waals surface area contributed by atoms with Crippen LogP contribution in [0.1, 0.15) is 20.7 Å². The Morgan fingerprint density at radius 3 is 2.43 bits per heavy atom. The van der Waals surface area contributed by atoms with Gasteiger partial charge in [0, 0.05) is 27.4 Å². The number of carbonyl (C=O) groups excluding carboxylic acids is 2. The molecule has 0 aliphatic carbocycles. The van der Waals surface area contributed by atoms with Gasteiger partial charge in [0.05, 0.1) is 5.02 Å². The Hall–Kier alpha value is -1.60. The maximum absolute atomic E-state index is 12.2. The van der Waals surface area contributed by atoms with Crippen molar-refractivity contribution in [3.8, 4) is 0 Å². The summed E-state index contributed by atoms with van der Waals surface area (Å²) in [6.45, 7) is 0. The van der Waals surface area contributed by atoms with Crippen LogP contribution in [-0.4, -0.2) is 18.9 Å². The van der Waals surface area contributed by atoms with Crippen LogP contribution in [0.3, 0.4) is 0 Å². The van der Waals surface area contributed by atoms with E-state index in [0.29, 0.717) is 21.8 Å². The van der Waals surface area contributed by atoms with E-state index >= 15 is 0 Å². The largest absolute Gasteiger partial charge is 0.355 e. The summed E-state index contributed by atoms with van der Waals surface area (Å²) in [4.78, 5) is 23.7. The summed E-state index contributed by atoms with van der Waals surface area (Å²) in [7, 11) is 1.56. The number of anilines is 1. The van der Waals surface area contributed by atoms with Crippen LogP contribution in [0.25, 0.3) is 0 Å². The van der Waals surface area contributed by atoms with Gasteiger partial charge in [-0.25, -0.2) is 0 Å². The highest BCUT2D eigenvalue weighted by Gasteiger charge is 2.10. The first-order chi connectivity index (χ1) is 10.0. The minimum Gasteiger partial charge on any atom is -0.355 e. The molecule has 108 valence electrons. The molecular formula is C15H12ClIN2O2. The molecule has 2 aromatic carbocycles. The van der Waals surface area contributed by atoms with Crippen molar-refractivity contribution in [1.82, 2.24) is 5.32 Å². The Morgan fingerprint density at radius 2 is 1.76 bits per heavy atom. The molecule has 0 saturated carbocycles. The van der Waals surface area contributed by atoms with E-state index in [1.54, 1.807) is 49.5 Å². The summed E-state index contributed by atoms with van der Waals surface area (Å²) < 4.78 is 0.882. The fourth-order valence-corrected chi connectivity index (χ4v) is 2.24. The zero-order valence-electron chi connectivity index (χ0n) is 11.1. The molecule has 0 heterocycles. The summed E-state index contributed by atoms with van der Waals surface area (Å²) in [5.41, 5.74) is 1.50. The first kappa shape index (κ1) is 15.8. The molecular weight excluding hydrogens is 403 g/mol. The highest BCUT2D eigenvalue weighted by Crippen LogP contribution is 2.20. The van der Waals surface area contributed by atoms with Crippen molar-refractivity contribution in [2.75, 3.05) is 12.4 Å². The SMILES string of the molecule is CNC(=O)c1cccc(NC(=O)c2ccc(I)c(Cl)c2)c1. The van der Waals surface area contributed by atoms with E-state index in [-0.39, 0.29) is 11.8 Å². The predicted molar refractivity (Wildman–Crippen MR) is 92.0 cm³/mol. The minimum absolute atomic E-state index is 0.205. The number of hydrogen-bond acceptors (Lipinski definition) is 2. The van der Waals surface area contributed by atoms with Crippen LogP contribution in [-0.2, 0) is 0 Å². The maximum atomic E-state index is 12.2. The van der Waals surface area contributed by atoms with Crippen LogP contribution < -0.4 is 10.6 Å². The lowest BCUT2D eigenvalue weighted by molar-refractivity contribution is 0.0961. The average Bonchev–Trinajstić information content (AvgIpc) is 2.49. The molecule has 4 nitrogen and oxygen atoms in total. The predicted octanol–water partition coefficient (Wildman–Crippen LogP) is 3.56. The Morgan fingerprint density at radius 1 is 1.05 bits per heavy atom. The number of rotatable bonds is 3. The fourth-order valence-electron chi connectivity index (χ4n) is 1.72. The van der Waals surface area contributed by atoms with Gasteiger partial charge in [-0.1, -0.05) is 17.7 Å². The molecule has 0 saturated heterocycles. The molecule has 0 aliphatic rings. The van der Waals surface area contributed by atoms with Crippen LogP contribution in [0, 0.1) is 3.57 Å². The van der Waals surface area contributed by atoms with Crippen molar-refractivity contribution >= 4 is 51.7 Å². The molecule has 2 N–H and O–H groups in total. The average molecular weight is 415 g/mol. The van der Waals surface area contributed by atoms with E-state index in [0.717, 1.165) is 3.57 Å². The normalized spacial score (nSPS) is 10.0. The van der Waals surface area contributed by atoms with Crippen molar-refractivity contribution in [3.05, 3.63) is 62.2 Å². The van der Waals surface area contributed by atoms with Crippen molar-refractivity contribution in [2.24, 2.45) is 0 Å². The molecule has 2 amide bonds. The summed E-state index contributed by atoms with van der Waals surface area (Å²) in [5.74, 6) is -0.481. The number of amides is 2. The molecule has 2 aromatic rings. The molecule has 2 rings (SSSR count). The minimum atomic E-state index is -0.276. The van der Waals surface area contributed by atoms with Gasteiger partial charge in [0.15, 0.2) is 0 Å². The second-order valence-corrected chi connectivity index (χ2v) is 5.81. The van der Waals surface area contributed by atoms with Gasteiger partial charge >= 0.3 is 0 Å². The summed E-state index contributed by atoms with van der Waals surface area (Å²) in [5, 5.41) is 5.81. The van der Waals surface area contributed by atoms with Gasteiger partial charge in [0.2, 0.25) is 0 Å². The van der Waals surface area contributed by atoms with E-state index in [1.807, 2.05) is 0 Å². The fraction of sp³-hybridized carbons (Fsp3) is 0.0667. The molecule has 0 fully saturated rings. The standard InChI is InChI=1S/C15H12ClIN2O2/c1-18-14(20)9-3-2-4-11(7-9)19-15(21)10-5-6-13(17)12(16)8-10/h2-8H,1H3,(H,18,20)(H,19,21). The van der Waals surface area contributed by atoms with Crippen molar-refractivity contribution in [3.63, 3.8) is 0 Å². The van der Waals surface area contributed by atoms with Crippen LogP contribution >= 0.6 is 34.2 Å². The van der Waals surface area contributed by atoms with Crippen LogP contribution in [0.15, 0.2) is 42.5 Å². The number of nitrogens with one attached hydrogen (secondary N) is 2. The third-order valence-corrected chi connectivity index (χ3v) is 4.36. The number of carbonyl (C=O) groups is 2. The molecule has 0 bridgehead atoms. The van der Waals surface area contributed by atoms with Gasteiger partial charge in [-0.2, -0.15) is 0 Å². The zero-order chi connectivity index (χ0) is 15.4.